The molecule has 9 heteroatoms. The van der Waals surface area contributed by atoms with Crippen molar-refractivity contribution >= 4 is 10.1 Å². The highest BCUT2D eigenvalue weighted by molar-refractivity contribution is 7.86. The Bertz CT molecular complexity index is 572. The topological polar surface area (TPSA) is 43.4 Å². The van der Waals surface area contributed by atoms with Crippen LogP contribution in [0.2, 0.25) is 0 Å². The summed E-state index contributed by atoms with van der Waals surface area (Å²) >= 11 is 0. The van der Waals surface area contributed by atoms with Crippen molar-refractivity contribution in [3.63, 3.8) is 0 Å². The van der Waals surface area contributed by atoms with Crippen molar-refractivity contribution in [2.75, 3.05) is 6.61 Å². The molecule has 114 valence electrons. The van der Waals surface area contributed by atoms with Crippen LogP contribution < -0.4 is 0 Å². The van der Waals surface area contributed by atoms with Crippen LogP contribution in [0, 0.1) is 29.1 Å². The van der Waals surface area contributed by atoms with Gasteiger partial charge in [0.05, 0.1) is 6.61 Å². The number of rotatable bonds is 6. The van der Waals surface area contributed by atoms with Crippen LogP contribution in [0.3, 0.4) is 0 Å². The molecule has 0 amide bonds. The monoisotopic (exact) mass is 318 g/mol. The van der Waals surface area contributed by atoms with Gasteiger partial charge in [-0.05, 0) is 6.42 Å². The van der Waals surface area contributed by atoms with Crippen LogP contribution in [0.4, 0.5) is 22.0 Å². The number of unbranched alkanes of at least 4 members (excludes halogenated alkanes) is 2. The first-order valence-corrected chi connectivity index (χ1v) is 7.05. The lowest BCUT2D eigenvalue weighted by molar-refractivity contribution is 0.296. The third kappa shape index (κ3) is 3.26. The van der Waals surface area contributed by atoms with Gasteiger partial charge in [-0.3, -0.25) is 4.18 Å². The van der Waals surface area contributed by atoms with Gasteiger partial charge in [-0.1, -0.05) is 19.8 Å². The maximum absolute atomic E-state index is 13.3. The Morgan fingerprint density at radius 2 is 1.30 bits per heavy atom. The zero-order valence-corrected chi connectivity index (χ0v) is 11.2. The molecule has 0 radical (unpaired) electrons. The second kappa shape index (κ2) is 6.49. The molecule has 0 unspecified atom stereocenters. The molecule has 0 aliphatic rings. The van der Waals surface area contributed by atoms with E-state index in [4.69, 9.17) is 0 Å². The Morgan fingerprint density at radius 3 is 1.75 bits per heavy atom. The average molecular weight is 318 g/mol. The van der Waals surface area contributed by atoms with E-state index in [1.165, 1.54) is 0 Å². The average Bonchev–Trinajstić information content (AvgIpc) is 2.39. The largest absolute Gasteiger partial charge is 0.303 e. The Morgan fingerprint density at radius 1 is 0.850 bits per heavy atom. The van der Waals surface area contributed by atoms with Crippen molar-refractivity contribution in [3.8, 4) is 0 Å². The smallest absolute Gasteiger partial charge is 0.266 e. The molecule has 0 aliphatic heterocycles. The van der Waals surface area contributed by atoms with Crippen LogP contribution in [-0.4, -0.2) is 15.0 Å². The lowest BCUT2D eigenvalue weighted by Crippen LogP contribution is -2.16. The molecular weight excluding hydrogens is 307 g/mol. The van der Waals surface area contributed by atoms with Gasteiger partial charge in [0.15, 0.2) is 28.2 Å². The van der Waals surface area contributed by atoms with Crippen LogP contribution >= 0.6 is 0 Å². The number of benzene rings is 1. The van der Waals surface area contributed by atoms with Gasteiger partial charge >= 0.3 is 10.1 Å². The van der Waals surface area contributed by atoms with Gasteiger partial charge in [-0.15, -0.1) is 0 Å². The number of halogens is 5. The van der Waals surface area contributed by atoms with Crippen molar-refractivity contribution in [2.45, 2.75) is 31.1 Å². The molecule has 0 aromatic heterocycles. The highest BCUT2D eigenvalue weighted by Gasteiger charge is 2.34. The van der Waals surface area contributed by atoms with Crippen LogP contribution in [0.25, 0.3) is 0 Å². The Hall–Kier alpha value is -1.22. The maximum Gasteiger partial charge on any atom is 0.303 e. The summed E-state index contributed by atoms with van der Waals surface area (Å²) in [4.78, 5) is -1.97. The fraction of sp³-hybridized carbons (Fsp3) is 0.455. The predicted molar refractivity (Wildman–Crippen MR) is 58.9 cm³/mol. The minimum absolute atomic E-state index is 0.269. The van der Waals surface area contributed by atoms with Crippen molar-refractivity contribution in [3.05, 3.63) is 29.1 Å². The molecule has 1 aromatic rings. The molecule has 0 spiro atoms. The number of hydrogen-bond acceptors (Lipinski definition) is 3. The zero-order valence-electron chi connectivity index (χ0n) is 10.4. The zero-order chi connectivity index (χ0) is 15.5. The predicted octanol–water partition coefficient (Wildman–Crippen LogP) is 3.28. The summed E-state index contributed by atoms with van der Waals surface area (Å²) in [5.74, 6) is -12.0. The molecule has 1 aromatic carbocycles. The Kier molecular flexibility index (Phi) is 5.46. The summed E-state index contributed by atoms with van der Waals surface area (Å²) in [7, 11) is -5.06. The van der Waals surface area contributed by atoms with E-state index in [2.05, 4.69) is 4.18 Å². The van der Waals surface area contributed by atoms with Gasteiger partial charge in [0.1, 0.15) is 0 Å². The van der Waals surface area contributed by atoms with Crippen LogP contribution in [-0.2, 0) is 14.3 Å². The van der Waals surface area contributed by atoms with E-state index in [1.54, 1.807) is 0 Å². The van der Waals surface area contributed by atoms with E-state index in [1.807, 2.05) is 6.92 Å². The van der Waals surface area contributed by atoms with Crippen molar-refractivity contribution in [2.24, 2.45) is 0 Å². The summed E-state index contributed by atoms with van der Waals surface area (Å²) in [6.07, 6.45) is 1.59. The van der Waals surface area contributed by atoms with Crippen molar-refractivity contribution in [1.29, 1.82) is 0 Å². The Labute approximate surface area is 112 Å². The lowest BCUT2D eigenvalue weighted by Gasteiger charge is -2.09. The standard InChI is InChI=1S/C11H11F5O3S/c1-2-3-4-5-19-20(17,18)11-9(15)7(13)6(12)8(14)10(11)16/h2-5H2,1H3. The normalized spacial score (nSPS) is 11.9. The van der Waals surface area contributed by atoms with Crippen LogP contribution in [0.1, 0.15) is 26.2 Å². The molecule has 3 nitrogen and oxygen atoms in total. The molecule has 0 saturated heterocycles. The van der Waals surface area contributed by atoms with E-state index in [0.29, 0.717) is 6.42 Å². The molecule has 0 aliphatic carbocycles. The lowest BCUT2D eigenvalue weighted by atomic mass is 10.3. The van der Waals surface area contributed by atoms with Gasteiger partial charge < -0.3 is 0 Å². The first-order chi connectivity index (χ1) is 9.24. The van der Waals surface area contributed by atoms with Crippen LogP contribution in [0.15, 0.2) is 4.90 Å². The van der Waals surface area contributed by atoms with E-state index < -0.39 is 50.7 Å². The molecule has 20 heavy (non-hydrogen) atoms. The third-order valence-corrected chi connectivity index (χ3v) is 3.74. The fourth-order valence-corrected chi connectivity index (χ4v) is 2.46. The molecule has 0 N–H and O–H groups in total. The quantitative estimate of drug-likeness (QED) is 0.266. The van der Waals surface area contributed by atoms with Crippen molar-refractivity contribution < 1.29 is 34.6 Å². The minimum atomic E-state index is -5.06. The SMILES string of the molecule is CCCCCOS(=O)(=O)c1c(F)c(F)c(F)c(F)c1F. The van der Waals surface area contributed by atoms with Gasteiger partial charge in [0.25, 0.3) is 0 Å². The molecule has 0 atom stereocenters. The van der Waals surface area contributed by atoms with Gasteiger partial charge in [-0.2, -0.15) is 8.42 Å². The van der Waals surface area contributed by atoms with E-state index in [9.17, 15) is 30.4 Å². The molecular formula is C11H11F5O3S. The molecule has 1 rings (SSSR count). The van der Waals surface area contributed by atoms with E-state index in [0.717, 1.165) is 6.42 Å². The van der Waals surface area contributed by atoms with E-state index in [-0.39, 0.29) is 6.42 Å². The maximum atomic E-state index is 13.3. The summed E-state index contributed by atoms with van der Waals surface area (Å²) in [6, 6.07) is 0. The number of hydrogen-bond donors (Lipinski definition) is 0. The fourth-order valence-electron chi connectivity index (χ4n) is 1.38. The second-order valence-corrected chi connectivity index (χ2v) is 5.43. The molecule has 0 fully saturated rings. The summed E-state index contributed by atoms with van der Waals surface area (Å²) in [6.45, 7) is 1.41. The summed E-state index contributed by atoms with van der Waals surface area (Å²) in [5.41, 5.74) is 0. The van der Waals surface area contributed by atoms with E-state index >= 15 is 0 Å². The first-order valence-electron chi connectivity index (χ1n) is 5.64. The minimum Gasteiger partial charge on any atom is -0.266 e. The highest BCUT2D eigenvalue weighted by Crippen LogP contribution is 2.27. The van der Waals surface area contributed by atoms with Gasteiger partial charge in [-0.25, -0.2) is 22.0 Å². The molecule has 0 saturated carbocycles. The van der Waals surface area contributed by atoms with Gasteiger partial charge in [0.2, 0.25) is 5.82 Å². The Balaban J connectivity index is 3.19. The molecule has 0 heterocycles. The highest BCUT2D eigenvalue weighted by atomic mass is 32.2. The van der Waals surface area contributed by atoms with Crippen molar-refractivity contribution in [1.82, 2.24) is 0 Å². The summed E-state index contributed by atoms with van der Waals surface area (Å²) in [5, 5.41) is 0. The third-order valence-electron chi connectivity index (χ3n) is 2.41. The summed E-state index contributed by atoms with van der Waals surface area (Å²) < 4.78 is 92.4. The molecule has 0 bridgehead atoms. The van der Waals surface area contributed by atoms with Gasteiger partial charge in [0, 0.05) is 0 Å². The first kappa shape index (κ1) is 16.8. The second-order valence-electron chi connectivity index (χ2n) is 3.88. The van der Waals surface area contributed by atoms with Crippen LogP contribution in [0.5, 0.6) is 0 Å².